The van der Waals surface area contributed by atoms with E-state index in [2.05, 4.69) is 65.2 Å². The molecule has 0 aliphatic carbocycles. The van der Waals surface area contributed by atoms with Crippen LogP contribution in [0.25, 0.3) is 34.0 Å². The van der Waals surface area contributed by atoms with Crippen molar-refractivity contribution in [3.63, 3.8) is 0 Å². The van der Waals surface area contributed by atoms with Crippen molar-refractivity contribution in [2.24, 2.45) is 0 Å². The van der Waals surface area contributed by atoms with E-state index >= 15 is 0 Å². The molecule has 0 saturated carbocycles. The molecule has 0 amide bonds. The summed E-state index contributed by atoms with van der Waals surface area (Å²) in [6, 6.07) is 40.3. The lowest BCUT2D eigenvalue weighted by Gasteiger charge is -2.23. The van der Waals surface area contributed by atoms with E-state index in [9.17, 15) is 5.26 Å². The number of para-hydroxylation sites is 2. The van der Waals surface area contributed by atoms with Gasteiger partial charge in [-0.2, -0.15) is 10.5 Å². The average molecular weight is 517 g/mol. The number of hydrogen-bond acceptors (Lipinski definition) is 4. The van der Waals surface area contributed by atoms with Crippen molar-refractivity contribution in [3.8, 4) is 17.9 Å². The van der Waals surface area contributed by atoms with Crippen molar-refractivity contribution in [3.05, 3.63) is 143 Å². The summed E-state index contributed by atoms with van der Waals surface area (Å²) in [6.07, 6.45) is 6.15. The molecular formula is C35H24N4O. The lowest BCUT2D eigenvalue weighted by molar-refractivity contribution is 0.370. The second kappa shape index (κ2) is 11.0. The molecule has 1 unspecified atom stereocenters. The van der Waals surface area contributed by atoms with E-state index in [4.69, 9.17) is 15.0 Å². The first-order valence-corrected chi connectivity index (χ1v) is 13.0. The molecule has 2 aromatic heterocycles. The van der Waals surface area contributed by atoms with Crippen molar-refractivity contribution in [1.82, 2.24) is 9.55 Å². The SMILES string of the molecule is N#CCOc1cccc2ccn(C(c3ccc(C#N)cc3)c3cccc(C=Cc4ccc5ccccc5n4)c3)c12. The quantitative estimate of drug-likeness (QED) is 0.217. The van der Waals surface area contributed by atoms with Crippen molar-refractivity contribution < 1.29 is 4.74 Å². The zero-order valence-electron chi connectivity index (χ0n) is 21.6. The largest absolute Gasteiger partial charge is 0.477 e. The van der Waals surface area contributed by atoms with Crippen molar-refractivity contribution in [1.29, 1.82) is 10.5 Å². The van der Waals surface area contributed by atoms with E-state index in [0.29, 0.717) is 11.3 Å². The first-order valence-electron chi connectivity index (χ1n) is 13.0. The zero-order valence-corrected chi connectivity index (χ0v) is 21.6. The Morgan fingerprint density at radius 3 is 2.45 bits per heavy atom. The number of fused-ring (bicyclic) bond motifs is 2. The second-order valence-corrected chi connectivity index (χ2v) is 9.43. The van der Waals surface area contributed by atoms with Gasteiger partial charge in [-0.3, -0.25) is 0 Å². The molecule has 0 spiro atoms. The van der Waals surface area contributed by atoms with Gasteiger partial charge in [0.05, 0.1) is 34.4 Å². The van der Waals surface area contributed by atoms with Gasteiger partial charge in [-0.1, -0.05) is 72.8 Å². The molecule has 40 heavy (non-hydrogen) atoms. The fourth-order valence-electron chi connectivity index (χ4n) is 5.07. The molecule has 0 aliphatic heterocycles. The molecule has 190 valence electrons. The Bertz CT molecular complexity index is 1940. The predicted molar refractivity (Wildman–Crippen MR) is 159 cm³/mol. The third-order valence-electron chi connectivity index (χ3n) is 6.92. The van der Waals surface area contributed by atoms with Crippen LogP contribution in [0.15, 0.2) is 115 Å². The molecule has 6 rings (SSSR count). The summed E-state index contributed by atoms with van der Waals surface area (Å²) in [5, 5.41) is 20.6. The number of ether oxygens (including phenoxy) is 1. The van der Waals surface area contributed by atoms with Gasteiger partial charge in [0, 0.05) is 17.0 Å². The maximum Gasteiger partial charge on any atom is 0.174 e. The number of pyridine rings is 1. The minimum absolute atomic E-state index is 0.0328. The van der Waals surface area contributed by atoms with E-state index in [-0.39, 0.29) is 12.6 Å². The smallest absolute Gasteiger partial charge is 0.174 e. The topological polar surface area (TPSA) is 74.6 Å². The van der Waals surface area contributed by atoms with E-state index in [1.165, 1.54) is 0 Å². The van der Waals surface area contributed by atoms with Gasteiger partial charge in [-0.05, 0) is 65.2 Å². The summed E-state index contributed by atoms with van der Waals surface area (Å²) in [5.41, 5.74) is 6.53. The monoisotopic (exact) mass is 516 g/mol. The van der Waals surface area contributed by atoms with Crippen LogP contribution < -0.4 is 4.74 Å². The van der Waals surface area contributed by atoms with Gasteiger partial charge in [0.1, 0.15) is 11.8 Å². The number of rotatable bonds is 7. The Morgan fingerprint density at radius 1 is 0.775 bits per heavy atom. The molecule has 0 saturated heterocycles. The van der Waals surface area contributed by atoms with Gasteiger partial charge in [0.15, 0.2) is 6.61 Å². The minimum atomic E-state index is -0.191. The van der Waals surface area contributed by atoms with Crippen molar-refractivity contribution >= 4 is 34.0 Å². The summed E-state index contributed by atoms with van der Waals surface area (Å²) in [4.78, 5) is 4.77. The Kier molecular flexibility index (Phi) is 6.78. The molecule has 0 radical (unpaired) electrons. The van der Waals surface area contributed by atoms with Crippen LogP contribution in [0.5, 0.6) is 5.75 Å². The Hall–Kier alpha value is -5.65. The summed E-state index contributed by atoms with van der Waals surface area (Å²) >= 11 is 0. The van der Waals surface area contributed by atoms with Gasteiger partial charge in [0.2, 0.25) is 0 Å². The molecule has 4 aromatic carbocycles. The molecule has 0 N–H and O–H groups in total. The Morgan fingerprint density at radius 2 is 1.60 bits per heavy atom. The molecule has 0 bridgehead atoms. The number of nitriles is 2. The molecule has 0 fully saturated rings. The van der Waals surface area contributed by atoms with Crippen LogP contribution in [0.4, 0.5) is 0 Å². The maximum absolute atomic E-state index is 9.37. The van der Waals surface area contributed by atoms with E-state index in [1.807, 2.05) is 79.0 Å². The summed E-state index contributed by atoms with van der Waals surface area (Å²) in [5.74, 6) is 0.654. The number of benzene rings is 4. The lowest BCUT2D eigenvalue weighted by atomic mass is 9.95. The van der Waals surface area contributed by atoms with Gasteiger partial charge in [-0.15, -0.1) is 0 Å². The molecular weight excluding hydrogens is 492 g/mol. The molecule has 1 atom stereocenters. The van der Waals surface area contributed by atoms with Crippen molar-refractivity contribution in [2.45, 2.75) is 6.04 Å². The van der Waals surface area contributed by atoms with E-state index in [1.54, 1.807) is 0 Å². The van der Waals surface area contributed by atoms with Gasteiger partial charge in [0.25, 0.3) is 0 Å². The Labute approximate surface area is 232 Å². The molecule has 2 heterocycles. The summed E-state index contributed by atoms with van der Waals surface area (Å²) in [7, 11) is 0. The van der Waals surface area contributed by atoms with Gasteiger partial charge < -0.3 is 9.30 Å². The zero-order chi connectivity index (χ0) is 27.3. The first-order chi connectivity index (χ1) is 19.7. The summed E-state index contributed by atoms with van der Waals surface area (Å²) < 4.78 is 8.00. The summed E-state index contributed by atoms with van der Waals surface area (Å²) in [6.45, 7) is -0.0328. The van der Waals surface area contributed by atoms with Gasteiger partial charge >= 0.3 is 0 Å². The highest BCUT2D eigenvalue weighted by atomic mass is 16.5. The number of hydrogen-bond donors (Lipinski definition) is 0. The molecule has 6 aromatic rings. The predicted octanol–water partition coefficient (Wildman–Crippen LogP) is 7.77. The molecule has 5 heteroatoms. The van der Waals surface area contributed by atoms with Crippen LogP contribution >= 0.6 is 0 Å². The van der Waals surface area contributed by atoms with Crippen LogP contribution in [-0.4, -0.2) is 16.2 Å². The minimum Gasteiger partial charge on any atom is -0.477 e. The normalized spacial score (nSPS) is 11.8. The third kappa shape index (κ3) is 4.92. The van der Waals surface area contributed by atoms with Crippen LogP contribution in [0, 0.1) is 22.7 Å². The maximum atomic E-state index is 9.37. The highest BCUT2D eigenvalue weighted by Gasteiger charge is 2.20. The van der Waals surface area contributed by atoms with Crippen LogP contribution in [-0.2, 0) is 0 Å². The first kappa shape index (κ1) is 24.7. The highest BCUT2D eigenvalue weighted by molar-refractivity contribution is 5.86. The van der Waals surface area contributed by atoms with Crippen LogP contribution in [0.2, 0.25) is 0 Å². The van der Waals surface area contributed by atoms with E-state index < -0.39 is 0 Å². The standard InChI is InChI=1S/C35H24N4O/c36-20-22-40-33-10-4-7-28-19-21-39(35(28)33)34(29-14-11-26(24-37)12-15-29)30-8-3-5-25(23-30)13-17-31-18-16-27-6-1-2-9-32(27)38-31/h1-19,21,23,34H,22H2. The lowest BCUT2D eigenvalue weighted by Crippen LogP contribution is -2.12. The highest BCUT2D eigenvalue weighted by Crippen LogP contribution is 2.35. The van der Waals surface area contributed by atoms with Crippen molar-refractivity contribution in [2.75, 3.05) is 6.61 Å². The van der Waals surface area contributed by atoms with Gasteiger partial charge in [-0.25, -0.2) is 4.98 Å². The molecule has 5 nitrogen and oxygen atoms in total. The number of aromatic nitrogens is 2. The average Bonchev–Trinajstić information content (AvgIpc) is 3.44. The van der Waals surface area contributed by atoms with Crippen LogP contribution in [0.3, 0.4) is 0 Å². The second-order valence-electron chi connectivity index (χ2n) is 9.43. The molecule has 0 aliphatic rings. The fraction of sp³-hybridized carbons (Fsp3) is 0.0571. The number of nitrogens with zero attached hydrogens (tertiary/aromatic N) is 4. The fourth-order valence-corrected chi connectivity index (χ4v) is 5.07. The van der Waals surface area contributed by atoms with Crippen LogP contribution in [0.1, 0.15) is 34.0 Å². The Balaban J connectivity index is 1.44. The third-order valence-corrected chi connectivity index (χ3v) is 6.92. The van der Waals surface area contributed by atoms with E-state index in [0.717, 1.165) is 44.2 Å².